The molecule has 0 saturated heterocycles. The Morgan fingerprint density at radius 1 is 1.10 bits per heavy atom. The molecule has 2 heterocycles. The molecule has 5 nitrogen and oxygen atoms in total. The first-order valence-corrected chi connectivity index (χ1v) is 10.0. The van der Waals surface area contributed by atoms with Crippen LogP contribution in [0.3, 0.4) is 0 Å². The number of hydrogen-bond donors (Lipinski definition) is 1. The van der Waals surface area contributed by atoms with E-state index in [1.165, 1.54) is 5.56 Å². The van der Waals surface area contributed by atoms with Crippen LogP contribution in [0, 0.1) is 13.8 Å². The average molecular weight is 391 g/mol. The third-order valence-corrected chi connectivity index (χ3v) is 5.41. The molecule has 3 rings (SSSR count). The zero-order chi connectivity index (χ0) is 21.0. The second-order valence-corrected chi connectivity index (χ2v) is 7.77. The minimum Gasteiger partial charge on any atom is -0.348 e. The molecule has 0 radical (unpaired) electrons. The number of amides is 1. The number of aromatic nitrogens is 2. The first-order valence-electron chi connectivity index (χ1n) is 10.0. The van der Waals surface area contributed by atoms with Crippen molar-refractivity contribution in [2.45, 2.75) is 46.8 Å². The zero-order valence-electron chi connectivity index (χ0n) is 17.9. The van der Waals surface area contributed by atoms with E-state index in [0.717, 1.165) is 29.3 Å². The summed E-state index contributed by atoms with van der Waals surface area (Å²) in [5.74, 6) is 0.760. The molecule has 0 spiro atoms. The van der Waals surface area contributed by atoms with Crippen LogP contribution in [-0.4, -0.2) is 33.4 Å². The maximum atomic E-state index is 12.9. The number of hydrogen-bond acceptors (Lipinski definition) is 3. The van der Waals surface area contributed by atoms with Gasteiger partial charge in [0.05, 0.1) is 5.56 Å². The summed E-state index contributed by atoms with van der Waals surface area (Å²) < 4.78 is 2.01. The van der Waals surface area contributed by atoms with E-state index in [1.807, 2.05) is 48.7 Å². The number of carbonyl (C=O) groups excluding carboxylic acids is 1. The molecule has 0 aliphatic heterocycles. The van der Waals surface area contributed by atoms with Gasteiger partial charge in [-0.25, -0.2) is 4.98 Å². The molecule has 0 unspecified atom stereocenters. The Hall–Kier alpha value is -2.92. The van der Waals surface area contributed by atoms with Crippen molar-refractivity contribution < 1.29 is 4.79 Å². The van der Waals surface area contributed by atoms with E-state index >= 15 is 0 Å². The van der Waals surface area contributed by atoms with Crippen molar-refractivity contribution in [1.29, 1.82) is 0 Å². The van der Waals surface area contributed by atoms with Gasteiger partial charge in [-0.1, -0.05) is 30.3 Å². The van der Waals surface area contributed by atoms with Crippen molar-refractivity contribution in [3.63, 3.8) is 0 Å². The molecule has 0 aliphatic carbocycles. The van der Waals surface area contributed by atoms with Gasteiger partial charge in [-0.3, -0.25) is 9.69 Å². The van der Waals surface area contributed by atoms with Crippen LogP contribution in [-0.2, 0) is 13.1 Å². The fourth-order valence-corrected chi connectivity index (χ4v) is 3.44. The zero-order valence-corrected chi connectivity index (χ0v) is 17.9. The summed E-state index contributed by atoms with van der Waals surface area (Å²) >= 11 is 0. The van der Waals surface area contributed by atoms with Crippen molar-refractivity contribution >= 4 is 5.91 Å². The Kier molecular flexibility index (Phi) is 6.49. The molecule has 5 heteroatoms. The number of rotatable bonds is 7. The van der Waals surface area contributed by atoms with Gasteiger partial charge in [-0.15, -0.1) is 0 Å². The van der Waals surface area contributed by atoms with Crippen molar-refractivity contribution in [2.75, 3.05) is 7.05 Å². The Bertz CT molecular complexity index is 976. The third-order valence-electron chi connectivity index (χ3n) is 5.41. The molecule has 1 N–H and O–H groups in total. The van der Waals surface area contributed by atoms with E-state index in [4.69, 9.17) is 0 Å². The maximum Gasteiger partial charge on any atom is 0.253 e. The smallest absolute Gasteiger partial charge is 0.253 e. The van der Waals surface area contributed by atoms with Gasteiger partial charge < -0.3 is 9.88 Å². The van der Waals surface area contributed by atoms with Gasteiger partial charge in [-0.2, -0.15) is 0 Å². The predicted octanol–water partition coefficient (Wildman–Crippen LogP) is 4.26. The topological polar surface area (TPSA) is 50.2 Å². The number of pyridine rings is 1. The maximum absolute atomic E-state index is 12.9. The molecular formula is C24H30N4O. The van der Waals surface area contributed by atoms with Gasteiger partial charge in [0.2, 0.25) is 0 Å². The number of benzene rings is 1. The number of aryl methyl sites for hydroxylation is 1. The van der Waals surface area contributed by atoms with Gasteiger partial charge >= 0.3 is 0 Å². The molecule has 3 aromatic rings. The standard InChI is InChI=1S/C24H30N4O/c1-17(2)27(5)16-21-11-7-6-10-20(21)15-26-24(29)22-14-18(3)28(19(22)4)23-12-8-9-13-25-23/h6-14,17H,15-16H2,1-5H3,(H,26,29). The lowest BCUT2D eigenvalue weighted by Crippen LogP contribution is -2.28. The quantitative estimate of drug-likeness (QED) is 0.656. The van der Waals surface area contributed by atoms with Crippen LogP contribution in [0.25, 0.3) is 5.82 Å². The van der Waals surface area contributed by atoms with Gasteiger partial charge in [0.1, 0.15) is 5.82 Å². The van der Waals surface area contributed by atoms with Crippen molar-refractivity contribution in [3.8, 4) is 5.82 Å². The second kappa shape index (κ2) is 9.05. The first-order chi connectivity index (χ1) is 13.9. The fraction of sp³-hybridized carbons (Fsp3) is 0.333. The van der Waals surface area contributed by atoms with E-state index in [1.54, 1.807) is 6.20 Å². The Morgan fingerprint density at radius 2 is 1.79 bits per heavy atom. The molecule has 0 aliphatic rings. The monoisotopic (exact) mass is 390 g/mol. The molecule has 0 atom stereocenters. The molecule has 1 aromatic carbocycles. The van der Waals surface area contributed by atoms with Crippen LogP contribution in [0.15, 0.2) is 54.7 Å². The normalized spacial score (nSPS) is 11.3. The molecule has 0 bridgehead atoms. The van der Waals surface area contributed by atoms with Crippen LogP contribution in [0.2, 0.25) is 0 Å². The molecule has 29 heavy (non-hydrogen) atoms. The van der Waals surface area contributed by atoms with Crippen LogP contribution >= 0.6 is 0 Å². The summed E-state index contributed by atoms with van der Waals surface area (Å²) in [5, 5.41) is 3.10. The lowest BCUT2D eigenvalue weighted by atomic mass is 10.1. The van der Waals surface area contributed by atoms with Crippen molar-refractivity contribution in [3.05, 3.63) is 82.8 Å². The van der Waals surface area contributed by atoms with Crippen molar-refractivity contribution in [2.24, 2.45) is 0 Å². The summed E-state index contributed by atoms with van der Waals surface area (Å²) in [6, 6.07) is 16.5. The van der Waals surface area contributed by atoms with Gasteiger partial charge in [0.25, 0.3) is 5.91 Å². The molecular weight excluding hydrogens is 360 g/mol. The van der Waals surface area contributed by atoms with E-state index in [9.17, 15) is 4.79 Å². The Labute approximate surface area is 173 Å². The van der Waals surface area contributed by atoms with Crippen LogP contribution in [0.5, 0.6) is 0 Å². The summed E-state index contributed by atoms with van der Waals surface area (Å²) in [6.07, 6.45) is 1.76. The van der Waals surface area contributed by atoms with Crippen LogP contribution < -0.4 is 5.32 Å². The molecule has 1 amide bonds. The van der Waals surface area contributed by atoms with Gasteiger partial charge in [-0.05, 0) is 64.1 Å². The minimum atomic E-state index is -0.0627. The van der Waals surface area contributed by atoms with Crippen LogP contribution in [0.4, 0.5) is 0 Å². The molecule has 2 aromatic heterocycles. The second-order valence-electron chi connectivity index (χ2n) is 7.77. The van der Waals surface area contributed by atoms with Crippen LogP contribution in [0.1, 0.15) is 46.7 Å². The predicted molar refractivity (Wildman–Crippen MR) is 117 cm³/mol. The van der Waals surface area contributed by atoms with E-state index in [0.29, 0.717) is 18.2 Å². The van der Waals surface area contributed by atoms with Gasteiger partial charge in [0, 0.05) is 36.7 Å². The number of carbonyl (C=O) groups is 1. The highest BCUT2D eigenvalue weighted by molar-refractivity contribution is 5.95. The largest absolute Gasteiger partial charge is 0.348 e. The minimum absolute atomic E-state index is 0.0627. The Morgan fingerprint density at radius 3 is 2.45 bits per heavy atom. The summed E-state index contributed by atoms with van der Waals surface area (Å²) in [7, 11) is 2.12. The highest BCUT2D eigenvalue weighted by Gasteiger charge is 2.17. The highest BCUT2D eigenvalue weighted by atomic mass is 16.1. The number of nitrogens with zero attached hydrogens (tertiary/aromatic N) is 3. The molecule has 0 saturated carbocycles. The van der Waals surface area contributed by atoms with E-state index in [2.05, 4.69) is 54.3 Å². The summed E-state index contributed by atoms with van der Waals surface area (Å²) in [5.41, 5.74) is 4.96. The average Bonchev–Trinajstić information content (AvgIpc) is 3.01. The number of nitrogens with one attached hydrogen (secondary N) is 1. The summed E-state index contributed by atoms with van der Waals surface area (Å²) in [6.45, 7) is 9.69. The Balaban J connectivity index is 1.76. The van der Waals surface area contributed by atoms with E-state index in [-0.39, 0.29) is 5.91 Å². The summed E-state index contributed by atoms with van der Waals surface area (Å²) in [4.78, 5) is 19.6. The van der Waals surface area contributed by atoms with E-state index < -0.39 is 0 Å². The lowest BCUT2D eigenvalue weighted by molar-refractivity contribution is 0.0950. The lowest BCUT2D eigenvalue weighted by Gasteiger charge is -2.22. The SMILES string of the molecule is Cc1cc(C(=O)NCc2ccccc2CN(C)C(C)C)c(C)n1-c1ccccn1. The van der Waals surface area contributed by atoms with Crippen molar-refractivity contribution in [1.82, 2.24) is 19.8 Å². The first kappa shape index (κ1) is 20.8. The highest BCUT2D eigenvalue weighted by Crippen LogP contribution is 2.20. The molecule has 0 fully saturated rings. The van der Waals surface area contributed by atoms with Gasteiger partial charge in [0.15, 0.2) is 0 Å². The molecule has 152 valence electrons. The third kappa shape index (κ3) is 4.74. The fourth-order valence-electron chi connectivity index (χ4n) is 3.44.